The highest BCUT2D eigenvalue weighted by atomic mass is 127. The van der Waals surface area contributed by atoms with Crippen LogP contribution in [0.15, 0.2) is 33.7 Å². The second-order valence-electron chi connectivity index (χ2n) is 7.53. The van der Waals surface area contributed by atoms with E-state index >= 15 is 0 Å². The number of hydrogen-bond donors (Lipinski definition) is 2. The molecule has 6 nitrogen and oxygen atoms in total. The summed E-state index contributed by atoms with van der Waals surface area (Å²) in [7, 11) is 1.82. The van der Waals surface area contributed by atoms with Gasteiger partial charge in [0, 0.05) is 36.4 Å². The van der Waals surface area contributed by atoms with Crippen molar-refractivity contribution in [3.05, 3.63) is 46.0 Å². The number of aromatic nitrogens is 3. The molecule has 1 aromatic carbocycles. The first-order valence-corrected chi connectivity index (χ1v) is 10.6. The Bertz CT molecular complexity index is 830. The van der Waals surface area contributed by atoms with Crippen molar-refractivity contribution in [3.63, 3.8) is 0 Å². The second-order valence-corrected chi connectivity index (χ2v) is 8.39. The van der Waals surface area contributed by atoms with Gasteiger partial charge in [0.1, 0.15) is 5.82 Å². The van der Waals surface area contributed by atoms with E-state index in [-0.39, 0.29) is 29.4 Å². The standard InChI is InChI=1S/C20H27BrN6.HI/c1-22-19(23-13-18-26-25-17-9-3-2-6-12-27(17)18)24-14-20(10-11-20)15-7-4-5-8-16(15)21;/h4-5,7-8H,2-3,6,9-14H2,1H3,(H2,22,23,24);1H. The van der Waals surface area contributed by atoms with Crippen LogP contribution in [0.4, 0.5) is 0 Å². The largest absolute Gasteiger partial charge is 0.356 e. The zero-order valence-electron chi connectivity index (χ0n) is 16.2. The van der Waals surface area contributed by atoms with Crippen molar-refractivity contribution >= 4 is 45.9 Å². The molecule has 8 heteroatoms. The summed E-state index contributed by atoms with van der Waals surface area (Å²) in [5.41, 5.74) is 1.60. The molecule has 0 saturated heterocycles. The van der Waals surface area contributed by atoms with E-state index in [9.17, 15) is 0 Å². The number of aliphatic imine (C=N–C) groups is 1. The van der Waals surface area contributed by atoms with Gasteiger partial charge in [0.25, 0.3) is 0 Å². The molecule has 2 aromatic rings. The number of rotatable bonds is 5. The number of fused-ring (bicyclic) bond motifs is 1. The van der Waals surface area contributed by atoms with Crippen molar-refractivity contribution in [2.24, 2.45) is 4.99 Å². The summed E-state index contributed by atoms with van der Waals surface area (Å²) in [6, 6.07) is 8.53. The third kappa shape index (κ3) is 4.69. The van der Waals surface area contributed by atoms with Gasteiger partial charge in [0.05, 0.1) is 6.54 Å². The van der Waals surface area contributed by atoms with Crippen LogP contribution in [0.3, 0.4) is 0 Å². The second kappa shape index (κ2) is 9.56. The first-order valence-electron chi connectivity index (χ1n) is 9.82. The van der Waals surface area contributed by atoms with Crippen LogP contribution in [-0.4, -0.2) is 34.3 Å². The average molecular weight is 559 g/mol. The molecule has 4 rings (SSSR count). The van der Waals surface area contributed by atoms with Gasteiger partial charge in [-0.25, -0.2) is 0 Å². The Morgan fingerprint density at radius 2 is 2.00 bits per heavy atom. The molecular formula is C20H28BrIN6. The van der Waals surface area contributed by atoms with Crippen LogP contribution >= 0.6 is 39.9 Å². The fraction of sp³-hybridized carbons (Fsp3) is 0.550. The molecule has 0 atom stereocenters. The quantitative estimate of drug-likeness (QED) is 0.333. The molecule has 1 aliphatic heterocycles. The predicted octanol–water partition coefficient (Wildman–Crippen LogP) is 3.78. The van der Waals surface area contributed by atoms with E-state index < -0.39 is 0 Å². The summed E-state index contributed by atoms with van der Waals surface area (Å²) in [5, 5.41) is 15.7. The van der Waals surface area contributed by atoms with E-state index in [1.54, 1.807) is 0 Å². The SMILES string of the molecule is CN=C(NCc1nnc2n1CCCCC2)NCC1(c2ccccc2Br)CC1.I. The Labute approximate surface area is 192 Å². The summed E-state index contributed by atoms with van der Waals surface area (Å²) in [6.45, 7) is 2.55. The topological polar surface area (TPSA) is 67.1 Å². The van der Waals surface area contributed by atoms with Gasteiger partial charge in [-0.05, 0) is 37.3 Å². The number of hydrogen-bond acceptors (Lipinski definition) is 3. The highest BCUT2D eigenvalue weighted by Crippen LogP contribution is 2.49. The van der Waals surface area contributed by atoms with Crippen molar-refractivity contribution < 1.29 is 0 Å². The van der Waals surface area contributed by atoms with Crippen LogP contribution in [0.2, 0.25) is 0 Å². The van der Waals surface area contributed by atoms with Crippen molar-refractivity contribution in [3.8, 4) is 0 Å². The van der Waals surface area contributed by atoms with Crippen molar-refractivity contribution in [1.82, 2.24) is 25.4 Å². The fourth-order valence-corrected chi connectivity index (χ4v) is 4.60. The number of aryl methyl sites for hydroxylation is 1. The third-order valence-electron chi connectivity index (χ3n) is 5.72. The van der Waals surface area contributed by atoms with E-state index in [0.717, 1.165) is 37.1 Å². The number of halogens is 2. The number of benzene rings is 1. The molecule has 0 radical (unpaired) electrons. The summed E-state index contributed by atoms with van der Waals surface area (Å²) in [4.78, 5) is 4.39. The summed E-state index contributed by atoms with van der Waals surface area (Å²) in [5.74, 6) is 2.94. The Morgan fingerprint density at radius 1 is 1.18 bits per heavy atom. The lowest BCUT2D eigenvalue weighted by Crippen LogP contribution is -2.41. The lowest BCUT2D eigenvalue weighted by Gasteiger charge is -2.20. The van der Waals surface area contributed by atoms with Gasteiger partial charge in [-0.3, -0.25) is 4.99 Å². The van der Waals surface area contributed by atoms with Crippen LogP contribution in [-0.2, 0) is 24.9 Å². The van der Waals surface area contributed by atoms with E-state index in [4.69, 9.17) is 0 Å². The van der Waals surface area contributed by atoms with Crippen molar-refractivity contribution in [2.45, 2.75) is 57.0 Å². The highest BCUT2D eigenvalue weighted by Gasteiger charge is 2.45. The molecule has 1 aliphatic carbocycles. The molecule has 0 amide bonds. The van der Waals surface area contributed by atoms with Gasteiger partial charge in [-0.1, -0.05) is 40.5 Å². The fourth-order valence-electron chi connectivity index (χ4n) is 3.90. The summed E-state index contributed by atoms with van der Waals surface area (Å²) >= 11 is 3.70. The van der Waals surface area contributed by atoms with Gasteiger partial charge in [-0.2, -0.15) is 0 Å². The van der Waals surface area contributed by atoms with Crippen molar-refractivity contribution in [2.75, 3.05) is 13.6 Å². The van der Waals surface area contributed by atoms with E-state index in [1.807, 2.05) is 7.05 Å². The molecule has 2 N–H and O–H groups in total. The van der Waals surface area contributed by atoms with Crippen LogP contribution in [0.1, 0.15) is 49.3 Å². The first-order chi connectivity index (χ1) is 13.2. The van der Waals surface area contributed by atoms with E-state index in [2.05, 4.69) is 70.6 Å². The molecule has 2 aliphatic rings. The Morgan fingerprint density at radius 3 is 2.75 bits per heavy atom. The van der Waals surface area contributed by atoms with Crippen LogP contribution in [0.5, 0.6) is 0 Å². The molecule has 0 unspecified atom stereocenters. The lowest BCUT2D eigenvalue weighted by atomic mass is 9.96. The summed E-state index contributed by atoms with van der Waals surface area (Å²) in [6.07, 6.45) is 7.14. The zero-order valence-corrected chi connectivity index (χ0v) is 20.2. The summed E-state index contributed by atoms with van der Waals surface area (Å²) < 4.78 is 3.47. The monoisotopic (exact) mass is 558 g/mol. The maximum Gasteiger partial charge on any atom is 0.191 e. The smallest absolute Gasteiger partial charge is 0.191 e. The molecule has 1 fully saturated rings. The highest BCUT2D eigenvalue weighted by molar-refractivity contribution is 14.0. The normalized spacial score (nSPS) is 17.9. The maximum absolute atomic E-state index is 4.39. The van der Waals surface area contributed by atoms with Crippen molar-refractivity contribution in [1.29, 1.82) is 0 Å². The average Bonchev–Trinajstić information content (AvgIpc) is 3.43. The van der Waals surface area contributed by atoms with Gasteiger partial charge >= 0.3 is 0 Å². The van der Waals surface area contributed by atoms with Crippen LogP contribution < -0.4 is 10.6 Å². The van der Waals surface area contributed by atoms with Gasteiger partial charge in [0.2, 0.25) is 0 Å². The molecule has 152 valence electrons. The Hall–Kier alpha value is -1.16. The Kier molecular flexibility index (Phi) is 7.36. The Balaban J connectivity index is 0.00000225. The van der Waals surface area contributed by atoms with E-state index in [0.29, 0.717) is 6.54 Å². The lowest BCUT2D eigenvalue weighted by molar-refractivity contribution is 0.593. The van der Waals surface area contributed by atoms with Crippen LogP contribution in [0.25, 0.3) is 0 Å². The molecule has 28 heavy (non-hydrogen) atoms. The number of nitrogens with zero attached hydrogens (tertiary/aromatic N) is 4. The molecule has 1 saturated carbocycles. The third-order valence-corrected chi connectivity index (χ3v) is 6.41. The van der Waals surface area contributed by atoms with Gasteiger partial charge in [-0.15, -0.1) is 34.2 Å². The maximum atomic E-state index is 4.39. The zero-order chi connectivity index (χ0) is 18.7. The minimum absolute atomic E-state index is 0. The first kappa shape index (κ1) is 21.5. The number of guanidine groups is 1. The predicted molar refractivity (Wildman–Crippen MR) is 126 cm³/mol. The minimum Gasteiger partial charge on any atom is -0.356 e. The number of nitrogens with one attached hydrogen (secondary N) is 2. The molecule has 0 bridgehead atoms. The van der Waals surface area contributed by atoms with Gasteiger partial charge in [0.15, 0.2) is 11.8 Å². The van der Waals surface area contributed by atoms with E-state index in [1.165, 1.54) is 42.1 Å². The minimum atomic E-state index is 0. The molecule has 2 heterocycles. The molecular weight excluding hydrogens is 531 g/mol. The molecule has 0 spiro atoms. The van der Waals surface area contributed by atoms with Crippen LogP contribution in [0, 0.1) is 0 Å². The molecule has 1 aromatic heterocycles. The van der Waals surface area contributed by atoms with Gasteiger partial charge < -0.3 is 15.2 Å².